The van der Waals surface area contributed by atoms with Gasteiger partial charge in [-0.2, -0.15) is 0 Å². The number of benzene rings is 2. The van der Waals surface area contributed by atoms with E-state index < -0.39 is 0 Å². The summed E-state index contributed by atoms with van der Waals surface area (Å²) in [5, 5.41) is 4.32. The third-order valence-corrected chi connectivity index (χ3v) is 4.32. The molecule has 3 nitrogen and oxygen atoms in total. The lowest BCUT2D eigenvalue weighted by Crippen LogP contribution is -2.33. The Bertz CT molecular complexity index is 797. The van der Waals surface area contributed by atoms with E-state index in [2.05, 4.69) is 43.0 Å². The number of methoxy groups -OCH3 is 1. The molecule has 0 N–H and O–H groups in total. The Morgan fingerprint density at radius 1 is 1.12 bits per heavy atom. The molecule has 3 rings (SSSR count). The highest BCUT2D eigenvalue weighted by Gasteiger charge is 2.42. The zero-order valence-electron chi connectivity index (χ0n) is 14.2. The summed E-state index contributed by atoms with van der Waals surface area (Å²) in [5.74, 6) is 7.21. The van der Waals surface area contributed by atoms with Crippen LogP contribution >= 0.6 is 0 Å². The van der Waals surface area contributed by atoms with Crippen molar-refractivity contribution in [1.29, 1.82) is 0 Å². The van der Waals surface area contributed by atoms with Gasteiger partial charge in [0.25, 0.3) is 0 Å². The maximum absolute atomic E-state index is 5.68. The molecule has 0 fully saturated rings. The Morgan fingerprint density at radius 3 is 2.67 bits per heavy atom. The van der Waals surface area contributed by atoms with Crippen molar-refractivity contribution in [2.24, 2.45) is 10.6 Å². The number of nitrogens with zero attached hydrogens (tertiary/aromatic N) is 1. The van der Waals surface area contributed by atoms with Crippen LogP contribution in [0.5, 0.6) is 5.75 Å². The van der Waals surface area contributed by atoms with Gasteiger partial charge in [0, 0.05) is 5.56 Å². The Labute approximate surface area is 143 Å². The fraction of sp³-hybridized carbons (Fsp3) is 0.286. The van der Waals surface area contributed by atoms with Crippen molar-refractivity contribution >= 4 is 5.71 Å². The summed E-state index contributed by atoms with van der Waals surface area (Å²) >= 11 is 0. The molecule has 2 aromatic rings. The average Bonchev–Trinajstić information content (AvgIpc) is 2.90. The predicted molar refractivity (Wildman–Crippen MR) is 96.1 cm³/mol. The van der Waals surface area contributed by atoms with Gasteiger partial charge >= 0.3 is 0 Å². The second-order valence-corrected chi connectivity index (χ2v) is 6.36. The second-order valence-electron chi connectivity index (χ2n) is 6.36. The first-order chi connectivity index (χ1) is 11.6. The molecule has 0 spiro atoms. The lowest BCUT2D eigenvalue weighted by atomic mass is 9.78. The minimum Gasteiger partial charge on any atom is -0.497 e. The number of oxime groups is 1. The first kappa shape index (κ1) is 16.1. The fourth-order valence-corrected chi connectivity index (χ4v) is 2.78. The van der Waals surface area contributed by atoms with Gasteiger partial charge in [-0.15, -0.1) is 0 Å². The van der Waals surface area contributed by atoms with Gasteiger partial charge in [-0.05, 0) is 23.8 Å². The van der Waals surface area contributed by atoms with Crippen molar-refractivity contribution in [2.45, 2.75) is 26.4 Å². The summed E-state index contributed by atoms with van der Waals surface area (Å²) in [7, 11) is 1.66. The molecule has 122 valence electrons. The Hall–Kier alpha value is -2.73. The molecule has 1 aliphatic rings. The van der Waals surface area contributed by atoms with E-state index in [-0.39, 0.29) is 11.5 Å². The molecule has 24 heavy (non-hydrogen) atoms. The second kappa shape index (κ2) is 6.80. The van der Waals surface area contributed by atoms with Crippen LogP contribution in [0.4, 0.5) is 0 Å². The van der Waals surface area contributed by atoms with E-state index >= 15 is 0 Å². The molecule has 0 aromatic heterocycles. The van der Waals surface area contributed by atoms with Crippen molar-refractivity contribution in [3.8, 4) is 17.6 Å². The minimum atomic E-state index is -0.176. The average molecular weight is 319 g/mol. The van der Waals surface area contributed by atoms with E-state index in [4.69, 9.17) is 9.57 Å². The molecule has 0 saturated heterocycles. The Morgan fingerprint density at radius 2 is 1.92 bits per heavy atom. The number of hydrogen-bond donors (Lipinski definition) is 0. The zero-order chi connectivity index (χ0) is 17.0. The highest BCUT2D eigenvalue weighted by Crippen LogP contribution is 2.36. The SMILES string of the molecule is COc1cccc(C#CCC2ON=C(c3ccccc3)C2(C)C)c1. The summed E-state index contributed by atoms with van der Waals surface area (Å²) in [4.78, 5) is 5.68. The zero-order valence-corrected chi connectivity index (χ0v) is 14.2. The molecule has 0 radical (unpaired) electrons. The van der Waals surface area contributed by atoms with Crippen molar-refractivity contribution in [3.05, 3.63) is 65.7 Å². The van der Waals surface area contributed by atoms with Crippen LogP contribution in [0.1, 0.15) is 31.4 Å². The smallest absolute Gasteiger partial charge is 0.149 e. The van der Waals surface area contributed by atoms with Crippen molar-refractivity contribution < 1.29 is 9.57 Å². The van der Waals surface area contributed by atoms with Gasteiger partial charge in [0.15, 0.2) is 0 Å². The largest absolute Gasteiger partial charge is 0.497 e. The number of ether oxygens (including phenoxy) is 1. The van der Waals surface area contributed by atoms with Crippen LogP contribution in [0.15, 0.2) is 59.8 Å². The van der Waals surface area contributed by atoms with Crippen LogP contribution in [0.2, 0.25) is 0 Å². The van der Waals surface area contributed by atoms with E-state index in [9.17, 15) is 0 Å². The standard InChI is InChI=1S/C21H21NO2/c1-21(2)19(24-22-20(21)17-11-5-4-6-12-17)14-8-10-16-9-7-13-18(15-16)23-3/h4-7,9,11-13,15,19H,14H2,1-3H3. The van der Waals surface area contributed by atoms with Crippen LogP contribution in [0.3, 0.4) is 0 Å². The maximum atomic E-state index is 5.68. The van der Waals surface area contributed by atoms with Gasteiger partial charge in [-0.25, -0.2) is 0 Å². The van der Waals surface area contributed by atoms with Gasteiger partial charge in [0.2, 0.25) is 0 Å². The summed E-state index contributed by atoms with van der Waals surface area (Å²) in [6, 6.07) is 17.9. The molecule has 3 heteroatoms. The minimum absolute atomic E-state index is 0.0502. The first-order valence-electron chi connectivity index (χ1n) is 8.04. The van der Waals surface area contributed by atoms with Gasteiger partial charge in [0.1, 0.15) is 11.9 Å². The summed E-state index contributed by atoms with van der Waals surface area (Å²) in [6.07, 6.45) is 0.579. The van der Waals surface area contributed by atoms with E-state index in [1.54, 1.807) is 7.11 Å². The molecule has 1 aliphatic heterocycles. The molecule has 1 unspecified atom stereocenters. The van der Waals surface area contributed by atoms with Gasteiger partial charge in [-0.3, -0.25) is 0 Å². The molecule has 0 saturated carbocycles. The monoisotopic (exact) mass is 319 g/mol. The molecular weight excluding hydrogens is 298 g/mol. The normalized spacial score (nSPS) is 18.1. The van der Waals surface area contributed by atoms with E-state index in [0.29, 0.717) is 6.42 Å². The topological polar surface area (TPSA) is 30.8 Å². The molecular formula is C21H21NO2. The first-order valence-corrected chi connectivity index (χ1v) is 8.04. The molecule has 0 aliphatic carbocycles. The van der Waals surface area contributed by atoms with E-state index in [1.807, 2.05) is 42.5 Å². The van der Waals surface area contributed by atoms with E-state index in [1.165, 1.54) is 0 Å². The fourth-order valence-electron chi connectivity index (χ4n) is 2.78. The van der Waals surface area contributed by atoms with Gasteiger partial charge < -0.3 is 9.57 Å². The van der Waals surface area contributed by atoms with Gasteiger partial charge in [-0.1, -0.05) is 67.2 Å². The quantitative estimate of drug-likeness (QED) is 0.791. The third kappa shape index (κ3) is 3.28. The predicted octanol–water partition coefficient (Wildman–Crippen LogP) is 4.27. The van der Waals surface area contributed by atoms with Crippen molar-refractivity contribution in [2.75, 3.05) is 7.11 Å². The van der Waals surface area contributed by atoms with Gasteiger partial charge in [0.05, 0.1) is 24.7 Å². The lowest BCUT2D eigenvalue weighted by Gasteiger charge is -2.24. The van der Waals surface area contributed by atoms with E-state index in [0.717, 1.165) is 22.6 Å². The van der Waals surface area contributed by atoms with Crippen LogP contribution in [0.25, 0.3) is 0 Å². The third-order valence-electron chi connectivity index (χ3n) is 4.32. The van der Waals surface area contributed by atoms with Crippen molar-refractivity contribution in [1.82, 2.24) is 0 Å². The van der Waals surface area contributed by atoms with Crippen LogP contribution in [0, 0.1) is 17.3 Å². The molecule has 1 atom stereocenters. The summed E-state index contributed by atoms with van der Waals surface area (Å²) in [6.45, 7) is 4.31. The number of hydrogen-bond acceptors (Lipinski definition) is 3. The molecule has 0 bridgehead atoms. The number of rotatable bonds is 3. The maximum Gasteiger partial charge on any atom is 0.149 e. The van der Waals surface area contributed by atoms with Crippen LogP contribution < -0.4 is 4.74 Å². The van der Waals surface area contributed by atoms with Crippen molar-refractivity contribution in [3.63, 3.8) is 0 Å². The summed E-state index contributed by atoms with van der Waals surface area (Å²) in [5.41, 5.74) is 2.85. The lowest BCUT2D eigenvalue weighted by molar-refractivity contribution is 0.0407. The Kier molecular flexibility index (Phi) is 4.57. The molecule has 0 amide bonds. The summed E-state index contributed by atoms with van der Waals surface area (Å²) < 4.78 is 5.22. The highest BCUT2D eigenvalue weighted by molar-refractivity contribution is 6.05. The molecule has 2 aromatic carbocycles. The van der Waals surface area contributed by atoms with Crippen LogP contribution in [-0.4, -0.2) is 18.9 Å². The van der Waals surface area contributed by atoms with Crippen LogP contribution in [-0.2, 0) is 4.84 Å². The Balaban J connectivity index is 1.71. The molecule has 1 heterocycles. The highest BCUT2D eigenvalue weighted by atomic mass is 16.6.